The lowest BCUT2D eigenvalue weighted by molar-refractivity contribution is 0.424. The van der Waals surface area contributed by atoms with Crippen LogP contribution in [0.25, 0.3) is 0 Å². The maximum absolute atomic E-state index is 3.78. The van der Waals surface area contributed by atoms with E-state index in [0.29, 0.717) is 17.9 Å². The van der Waals surface area contributed by atoms with E-state index >= 15 is 0 Å². The highest BCUT2D eigenvalue weighted by atomic mass is 79.9. The smallest absolute Gasteiger partial charge is 0.0565 e. The van der Waals surface area contributed by atoms with Crippen LogP contribution in [0, 0.1) is 5.92 Å². The predicted octanol–water partition coefficient (Wildman–Crippen LogP) is 6.04. The van der Waals surface area contributed by atoms with Gasteiger partial charge in [0.25, 0.3) is 0 Å². The summed E-state index contributed by atoms with van der Waals surface area (Å²) in [5.41, 5.74) is 4.00. The summed E-state index contributed by atoms with van der Waals surface area (Å²) in [7, 11) is 0. The average molecular weight is 405 g/mol. The van der Waals surface area contributed by atoms with Gasteiger partial charge < -0.3 is 5.32 Å². The van der Waals surface area contributed by atoms with Gasteiger partial charge >= 0.3 is 0 Å². The van der Waals surface area contributed by atoms with Crippen LogP contribution < -0.4 is 5.32 Å². The van der Waals surface area contributed by atoms with E-state index < -0.39 is 0 Å². The second-order valence-electron chi connectivity index (χ2n) is 5.70. The van der Waals surface area contributed by atoms with E-state index in [0.717, 1.165) is 10.9 Å². The van der Waals surface area contributed by atoms with Crippen molar-refractivity contribution >= 4 is 37.5 Å². The highest BCUT2D eigenvalue weighted by Gasteiger charge is 2.38. The highest BCUT2D eigenvalue weighted by Crippen LogP contribution is 2.52. The first-order valence-electron chi connectivity index (χ1n) is 7.22. The molecular weight excluding hydrogens is 390 g/mol. The second-order valence-corrected chi connectivity index (χ2v) is 7.41. The number of hydrogen-bond acceptors (Lipinski definition) is 1. The molecule has 0 amide bonds. The van der Waals surface area contributed by atoms with Crippen molar-refractivity contribution in [1.29, 1.82) is 0 Å². The molecule has 0 saturated heterocycles. The van der Waals surface area contributed by atoms with Crippen LogP contribution in [-0.2, 0) is 0 Å². The maximum atomic E-state index is 3.78. The molecule has 4 rings (SSSR count). The fraction of sp³-hybridized carbons (Fsp3) is 0.222. The molecule has 2 aliphatic rings. The second kappa shape index (κ2) is 5.29. The van der Waals surface area contributed by atoms with E-state index in [2.05, 4.69) is 91.8 Å². The molecule has 0 spiro atoms. The number of hydrogen-bond donors (Lipinski definition) is 1. The molecule has 1 N–H and O–H groups in total. The molecular formula is C18H15Br2N. The van der Waals surface area contributed by atoms with Crippen molar-refractivity contribution in [2.45, 2.75) is 18.4 Å². The third-order valence-electron chi connectivity index (χ3n) is 4.59. The van der Waals surface area contributed by atoms with Crippen molar-refractivity contribution < 1.29 is 0 Å². The molecule has 106 valence electrons. The van der Waals surface area contributed by atoms with Crippen LogP contribution in [0.3, 0.4) is 0 Å². The van der Waals surface area contributed by atoms with E-state index in [1.54, 1.807) is 0 Å². The van der Waals surface area contributed by atoms with Gasteiger partial charge in [-0.25, -0.2) is 0 Å². The molecule has 1 aliphatic carbocycles. The fourth-order valence-corrected chi connectivity index (χ4v) is 4.65. The molecule has 1 heterocycles. The Hall–Kier alpha value is -1.06. The highest BCUT2D eigenvalue weighted by molar-refractivity contribution is 9.11. The Morgan fingerprint density at radius 3 is 2.52 bits per heavy atom. The van der Waals surface area contributed by atoms with Crippen molar-refractivity contribution in [1.82, 2.24) is 0 Å². The quantitative estimate of drug-likeness (QED) is 0.571. The molecule has 0 bridgehead atoms. The van der Waals surface area contributed by atoms with Gasteiger partial charge in [-0.2, -0.15) is 0 Å². The van der Waals surface area contributed by atoms with Gasteiger partial charge in [-0.1, -0.05) is 58.4 Å². The molecule has 0 radical (unpaired) electrons. The van der Waals surface area contributed by atoms with E-state index in [-0.39, 0.29) is 0 Å². The summed E-state index contributed by atoms with van der Waals surface area (Å²) in [4.78, 5) is 0. The third kappa shape index (κ3) is 2.18. The molecule has 0 aromatic heterocycles. The number of nitrogens with one attached hydrogen (secondary N) is 1. The Bertz CT molecular complexity index is 723. The first kappa shape index (κ1) is 13.6. The van der Waals surface area contributed by atoms with Gasteiger partial charge in [0, 0.05) is 14.9 Å². The lowest BCUT2D eigenvalue weighted by atomic mass is 9.77. The third-order valence-corrected chi connectivity index (χ3v) is 5.97. The SMILES string of the molecule is Brc1ccccc1[C@@H]1Nc2c(Br)cccc2[C@@H]2C=CC[C@H]21. The molecule has 21 heavy (non-hydrogen) atoms. The molecule has 0 saturated carbocycles. The summed E-state index contributed by atoms with van der Waals surface area (Å²) in [6.07, 6.45) is 5.84. The number of fused-ring (bicyclic) bond motifs is 3. The number of para-hydroxylation sites is 1. The Morgan fingerprint density at radius 1 is 0.905 bits per heavy atom. The zero-order valence-electron chi connectivity index (χ0n) is 11.4. The van der Waals surface area contributed by atoms with Gasteiger partial charge in [-0.3, -0.25) is 0 Å². The van der Waals surface area contributed by atoms with Crippen LogP contribution >= 0.6 is 31.9 Å². The number of anilines is 1. The topological polar surface area (TPSA) is 12.0 Å². The van der Waals surface area contributed by atoms with Crippen LogP contribution in [0.1, 0.15) is 29.5 Å². The molecule has 3 heteroatoms. The largest absolute Gasteiger partial charge is 0.377 e. The van der Waals surface area contributed by atoms with E-state index in [4.69, 9.17) is 0 Å². The molecule has 2 aromatic rings. The van der Waals surface area contributed by atoms with Crippen molar-refractivity contribution in [3.05, 3.63) is 74.7 Å². The first-order chi connectivity index (χ1) is 10.3. The Kier molecular flexibility index (Phi) is 3.43. The number of benzene rings is 2. The van der Waals surface area contributed by atoms with Crippen LogP contribution in [-0.4, -0.2) is 0 Å². The summed E-state index contributed by atoms with van der Waals surface area (Å²) < 4.78 is 2.33. The van der Waals surface area contributed by atoms with Gasteiger partial charge in [0.1, 0.15) is 0 Å². The number of rotatable bonds is 1. The average Bonchev–Trinajstić information content (AvgIpc) is 2.97. The summed E-state index contributed by atoms with van der Waals surface area (Å²) >= 11 is 7.41. The summed E-state index contributed by atoms with van der Waals surface area (Å²) in [6.45, 7) is 0. The minimum atomic E-state index is 0.340. The molecule has 2 aromatic carbocycles. The van der Waals surface area contributed by atoms with Gasteiger partial charge in [-0.05, 0) is 51.5 Å². The normalized spacial score (nSPS) is 26.1. The predicted molar refractivity (Wildman–Crippen MR) is 94.6 cm³/mol. The number of halogens is 2. The van der Waals surface area contributed by atoms with Crippen LogP contribution in [0.15, 0.2) is 63.6 Å². The fourth-order valence-electron chi connectivity index (χ4n) is 3.62. The van der Waals surface area contributed by atoms with Gasteiger partial charge in [-0.15, -0.1) is 0 Å². The van der Waals surface area contributed by atoms with E-state index in [9.17, 15) is 0 Å². The minimum Gasteiger partial charge on any atom is -0.377 e. The Morgan fingerprint density at radius 2 is 1.67 bits per heavy atom. The van der Waals surface area contributed by atoms with Crippen LogP contribution in [0.4, 0.5) is 5.69 Å². The minimum absolute atomic E-state index is 0.340. The molecule has 3 atom stereocenters. The Labute approximate surface area is 141 Å². The lowest BCUT2D eigenvalue weighted by Crippen LogP contribution is -2.29. The summed E-state index contributed by atoms with van der Waals surface area (Å²) in [5.74, 6) is 1.10. The van der Waals surface area contributed by atoms with Gasteiger partial charge in [0.2, 0.25) is 0 Å². The monoisotopic (exact) mass is 403 g/mol. The zero-order chi connectivity index (χ0) is 14.4. The van der Waals surface area contributed by atoms with Crippen molar-refractivity contribution in [2.24, 2.45) is 5.92 Å². The number of allylic oxidation sites excluding steroid dienone is 2. The molecule has 0 fully saturated rings. The van der Waals surface area contributed by atoms with E-state index in [1.807, 2.05) is 0 Å². The summed E-state index contributed by atoms with van der Waals surface area (Å²) in [5, 5.41) is 3.78. The van der Waals surface area contributed by atoms with Crippen LogP contribution in [0.2, 0.25) is 0 Å². The Balaban J connectivity index is 1.85. The van der Waals surface area contributed by atoms with Crippen LogP contribution in [0.5, 0.6) is 0 Å². The van der Waals surface area contributed by atoms with Crippen molar-refractivity contribution in [3.8, 4) is 0 Å². The zero-order valence-corrected chi connectivity index (χ0v) is 14.6. The van der Waals surface area contributed by atoms with E-state index in [1.165, 1.54) is 21.3 Å². The van der Waals surface area contributed by atoms with Gasteiger partial charge in [0.05, 0.1) is 11.7 Å². The van der Waals surface area contributed by atoms with Gasteiger partial charge in [0.15, 0.2) is 0 Å². The van der Waals surface area contributed by atoms with Crippen molar-refractivity contribution in [3.63, 3.8) is 0 Å². The molecule has 1 aliphatic heterocycles. The first-order valence-corrected chi connectivity index (χ1v) is 8.80. The molecule has 1 nitrogen and oxygen atoms in total. The summed E-state index contributed by atoms with van der Waals surface area (Å²) in [6, 6.07) is 15.4. The molecule has 0 unspecified atom stereocenters. The lowest BCUT2D eigenvalue weighted by Gasteiger charge is -2.38. The van der Waals surface area contributed by atoms with Crippen molar-refractivity contribution in [2.75, 3.05) is 5.32 Å². The maximum Gasteiger partial charge on any atom is 0.0565 e. The standard InChI is InChI=1S/C18H15Br2N/c19-15-9-2-1-5-14(15)17-12-7-3-6-11(12)13-8-4-10-16(20)18(13)21-17/h1-6,8-12,17,21H,7H2/t11-,12-,17-/m1/s1.